The van der Waals surface area contributed by atoms with Crippen LogP contribution in [0.25, 0.3) is 0 Å². The lowest BCUT2D eigenvalue weighted by Crippen LogP contribution is -2.34. The summed E-state index contributed by atoms with van der Waals surface area (Å²) in [6, 6.07) is 3.14. The van der Waals surface area contributed by atoms with Crippen molar-refractivity contribution in [1.29, 1.82) is 0 Å². The van der Waals surface area contributed by atoms with Gasteiger partial charge >= 0.3 is 0 Å². The van der Waals surface area contributed by atoms with Gasteiger partial charge in [-0.1, -0.05) is 0 Å². The Bertz CT molecular complexity index is 405. The second-order valence-electron chi connectivity index (χ2n) is 3.81. The molecule has 0 aliphatic carbocycles. The molecule has 1 aromatic carbocycles. The van der Waals surface area contributed by atoms with Crippen LogP contribution in [0.4, 0.5) is 4.39 Å². The molecule has 1 aromatic rings. The minimum Gasteiger partial charge on any atom is -0.507 e. The number of hydrogen-bond acceptors (Lipinski definition) is 5. The molecule has 0 unspecified atom stereocenters. The number of aromatic hydroxyl groups is 1. The van der Waals surface area contributed by atoms with Gasteiger partial charge in [-0.15, -0.1) is 0 Å². The van der Waals surface area contributed by atoms with Crippen molar-refractivity contribution >= 4 is 5.78 Å². The highest BCUT2D eigenvalue weighted by atomic mass is 19.1. The molecular formula is C12H16FNO4. The fraction of sp³-hybridized carbons (Fsp3) is 0.417. The summed E-state index contributed by atoms with van der Waals surface area (Å²) in [5.74, 6) is -1.35. The van der Waals surface area contributed by atoms with Crippen molar-refractivity contribution in [1.82, 2.24) is 4.90 Å². The molecule has 0 heterocycles. The number of ketones is 1. The fourth-order valence-electron chi connectivity index (χ4n) is 1.57. The number of halogens is 1. The number of Topliss-reactive ketones (excluding diaryl/α,β-unsaturated/α-hetero) is 1. The number of carbonyl (C=O) groups is 1. The summed E-state index contributed by atoms with van der Waals surface area (Å²) in [4.78, 5) is 13.4. The largest absolute Gasteiger partial charge is 0.507 e. The van der Waals surface area contributed by atoms with Crippen molar-refractivity contribution in [3.05, 3.63) is 29.6 Å². The van der Waals surface area contributed by atoms with E-state index in [4.69, 9.17) is 10.2 Å². The molecule has 0 aliphatic heterocycles. The maximum atomic E-state index is 13.0. The van der Waals surface area contributed by atoms with Crippen LogP contribution in [0.1, 0.15) is 10.4 Å². The van der Waals surface area contributed by atoms with Crippen LogP contribution in [0.3, 0.4) is 0 Å². The standard InChI is InChI=1S/C12H16FNO4/c13-9-1-2-11(17)10(7-9)12(18)8-14(3-5-15)4-6-16/h1-2,7,15-17H,3-6,8H2. The number of carbonyl (C=O) groups excluding carboxylic acids is 1. The van der Waals surface area contributed by atoms with Crippen molar-refractivity contribution in [3.8, 4) is 5.75 Å². The highest BCUT2D eigenvalue weighted by Crippen LogP contribution is 2.18. The number of phenols is 1. The van der Waals surface area contributed by atoms with Gasteiger partial charge in [-0.3, -0.25) is 9.69 Å². The Morgan fingerprint density at radius 3 is 2.39 bits per heavy atom. The predicted octanol–water partition coefficient (Wildman–Crippen LogP) is 0.000600. The molecule has 0 aromatic heterocycles. The molecule has 0 saturated carbocycles. The second-order valence-corrected chi connectivity index (χ2v) is 3.81. The topological polar surface area (TPSA) is 81.0 Å². The van der Waals surface area contributed by atoms with Crippen LogP contribution in [0.5, 0.6) is 5.75 Å². The molecule has 0 amide bonds. The van der Waals surface area contributed by atoms with Crippen LogP contribution < -0.4 is 0 Å². The van der Waals surface area contributed by atoms with E-state index in [1.165, 1.54) is 4.90 Å². The van der Waals surface area contributed by atoms with Crippen LogP contribution in [0.2, 0.25) is 0 Å². The number of benzene rings is 1. The Morgan fingerprint density at radius 1 is 1.22 bits per heavy atom. The Kier molecular flexibility index (Phi) is 5.70. The Morgan fingerprint density at radius 2 is 1.83 bits per heavy atom. The highest BCUT2D eigenvalue weighted by molar-refractivity contribution is 6.00. The molecule has 0 bridgehead atoms. The van der Waals surface area contributed by atoms with Gasteiger partial charge in [-0.05, 0) is 18.2 Å². The van der Waals surface area contributed by atoms with E-state index in [9.17, 15) is 14.3 Å². The SMILES string of the molecule is O=C(CN(CCO)CCO)c1cc(F)ccc1O. The van der Waals surface area contributed by atoms with Crippen molar-refractivity contribution in [2.45, 2.75) is 0 Å². The average molecular weight is 257 g/mol. The van der Waals surface area contributed by atoms with Gasteiger partial charge in [0.1, 0.15) is 11.6 Å². The molecule has 100 valence electrons. The summed E-state index contributed by atoms with van der Waals surface area (Å²) in [6.45, 7) is 0.0493. The molecule has 0 radical (unpaired) electrons. The summed E-state index contributed by atoms with van der Waals surface area (Å²) in [5.41, 5.74) is -0.101. The van der Waals surface area contributed by atoms with Gasteiger partial charge in [0.25, 0.3) is 0 Å². The van der Waals surface area contributed by atoms with Gasteiger partial charge < -0.3 is 15.3 Å². The molecule has 0 spiro atoms. The Balaban J connectivity index is 2.76. The minimum atomic E-state index is -0.605. The number of aliphatic hydroxyl groups excluding tert-OH is 2. The van der Waals surface area contributed by atoms with Crippen molar-refractivity contribution < 1.29 is 24.5 Å². The van der Waals surface area contributed by atoms with Gasteiger partial charge in [0.2, 0.25) is 0 Å². The highest BCUT2D eigenvalue weighted by Gasteiger charge is 2.15. The normalized spacial score (nSPS) is 10.9. The van der Waals surface area contributed by atoms with Crippen LogP contribution in [-0.2, 0) is 0 Å². The molecular weight excluding hydrogens is 241 g/mol. The molecule has 5 nitrogen and oxygen atoms in total. The fourth-order valence-corrected chi connectivity index (χ4v) is 1.57. The third-order valence-electron chi connectivity index (χ3n) is 2.46. The van der Waals surface area contributed by atoms with E-state index in [2.05, 4.69) is 0 Å². The zero-order valence-corrected chi connectivity index (χ0v) is 9.84. The van der Waals surface area contributed by atoms with E-state index in [0.717, 1.165) is 18.2 Å². The summed E-state index contributed by atoms with van der Waals surface area (Å²) in [5, 5.41) is 27.1. The van der Waals surface area contributed by atoms with Crippen molar-refractivity contribution in [2.75, 3.05) is 32.8 Å². The average Bonchev–Trinajstić information content (AvgIpc) is 2.33. The monoisotopic (exact) mass is 257 g/mol. The molecule has 3 N–H and O–H groups in total. The number of aliphatic hydroxyl groups is 2. The molecule has 18 heavy (non-hydrogen) atoms. The van der Waals surface area contributed by atoms with Crippen LogP contribution in [-0.4, -0.2) is 58.9 Å². The molecule has 0 saturated heterocycles. The summed E-state index contributed by atoms with van der Waals surface area (Å²) in [6.07, 6.45) is 0. The Hall–Kier alpha value is -1.50. The quantitative estimate of drug-likeness (QED) is 0.599. The summed E-state index contributed by atoms with van der Waals surface area (Å²) in [7, 11) is 0. The van der Waals surface area contributed by atoms with E-state index in [0.29, 0.717) is 0 Å². The first-order chi connectivity index (χ1) is 8.58. The lowest BCUT2D eigenvalue weighted by atomic mass is 10.1. The number of hydrogen-bond donors (Lipinski definition) is 3. The summed E-state index contributed by atoms with van der Waals surface area (Å²) >= 11 is 0. The third-order valence-corrected chi connectivity index (χ3v) is 2.46. The lowest BCUT2D eigenvalue weighted by molar-refractivity contribution is 0.0891. The second kappa shape index (κ2) is 7.05. The first kappa shape index (κ1) is 14.6. The van der Waals surface area contributed by atoms with E-state index < -0.39 is 11.6 Å². The van der Waals surface area contributed by atoms with Gasteiger partial charge in [0.15, 0.2) is 5.78 Å². The maximum absolute atomic E-state index is 13.0. The molecule has 0 atom stereocenters. The first-order valence-corrected chi connectivity index (χ1v) is 5.54. The molecule has 1 rings (SSSR count). The molecule has 0 aliphatic rings. The number of rotatable bonds is 7. The first-order valence-electron chi connectivity index (χ1n) is 5.54. The van der Waals surface area contributed by atoms with E-state index in [-0.39, 0.29) is 44.2 Å². The third kappa shape index (κ3) is 4.06. The number of phenolic OH excluding ortho intramolecular Hbond substituents is 1. The number of nitrogens with zero attached hydrogens (tertiary/aromatic N) is 1. The summed E-state index contributed by atoms with van der Waals surface area (Å²) < 4.78 is 13.0. The van der Waals surface area contributed by atoms with Crippen molar-refractivity contribution in [2.24, 2.45) is 0 Å². The van der Waals surface area contributed by atoms with Gasteiger partial charge in [0.05, 0.1) is 25.3 Å². The van der Waals surface area contributed by atoms with Crippen molar-refractivity contribution in [3.63, 3.8) is 0 Å². The van der Waals surface area contributed by atoms with E-state index in [1.54, 1.807) is 0 Å². The van der Waals surface area contributed by atoms with Crippen LogP contribution in [0, 0.1) is 5.82 Å². The van der Waals surface area contributed by atoms with Gasteiger partial charge in [-0.25, -0.2) is 4.39 Å². The molecule has 0 fully saturated rings. The van der Waals surface area contributed by atoms with Crippen LogP contribution in [0.15, 0.2) is 18.2 Å². The maximum Gasteiger partial charge on any atom is 0.180 e. The van der Waals surface area contributed by atoms with Crippen LogP contribution >= 0.6 is 0 Å². The minimum absolute atomic E-state index is 0.0991. The Labute approximate surface area is 104 Å². The van der Waals surface area contributed by atoms with E-state index >= 15 is 0 Å². The van der Waals surface area contributed by atoms with Gasteiger partial charge in [-0.2, -0.15) is 0 Å². The lowest BCUT2D eigenvalue weighted by Gasteiger charge is -2.19. The van der Waals surface area contributed by atoms with Gasteiger partial charge in [0, 0.05) is 13.1 Å². The smallest absolute Gasteiger partial charge is 0.180 e. The molecule has 6 heteroatoms. The van der Waals surface area contributed by atoms with E-state index in [1.807, 2.05) is 0 Å². The predicted molar refractivity (Wildman–Crippen MR) is 63.0 cm³/mol. The zero-order valence-electron chi connectivity index (χ0n) is 9.84. The zero-order chi connectivity index (χ0) is 13.5.